The van der Waals surface area contributed by atoms with Crippen LogP contribution in [0.4, 0.5) is 0 Å². The molecule has 0 aliphatic heterocycles. The lowest BCUT2D eigenvalue weighted by molar-refractivity contribution is -0.144. The molecule has 19 heavy (non-hydrogen) atoms. The summed E-state index contributed by atoms with van der Waals surface area (Å²) in [4.78, 5) is 14.8. The second-order valence-electron chi connectivity index (χ2n) is 7.06. The molecule has 0 aromatic rings. The summed E-state index contributed by atoms with van der Waals surface area (Å²) in [5, 5.41) is 0. The van der Waals surface area contributed by atoms with Crippen molar-refractivity contribution in [1.29, 1.82) is 0 Å². The summed E-state index contributed by atoms with van der Waals surface area (Å²) in [5.41, 5.74) is 5.69. The largest absolute Gasteiger partial charge is 0.343 e. The maximum atomic E-state index is 12.8. The Kier molecular flexibility index (Phi) is 5.84. The molecule has 1 fully saturated rings. The van der Waals surface area contributed by atoms with Crippen molar-refractivity contribution >= 4 is 5.91 Å². The summed E-state index contributed by atoms with van der Waals surface area (Å²) in [5.74, 6) is 1.63. The second kappa shape index (κ2) is 6.74. The van der Waals surface area contributed by atoms with E-state index in [9.17, 15) is 4.79 Å². The first-order valence-electron chi connectivity index (χ1n) is 7.79. The molecule has 1 amide bonds. The van der Waals surface area contributed by atoms with E-state index >= 15 is 0 Å². The number of hydrogen-bond acceptors (Lipinski definition) is 2. The molecule has 3 heteroatoms. The van der Waals surface area contributed by atoms with Gasteiger partial charge in [0.2, 0.25) is 5.91 Å². The Morgan fingerprint density at radius 3 is 2.26 bits per heavy atom. The molecule has 1 rings (SSSR count). The fourth-order valence-electron chi connectivity index (χ4n) is 3.23. The lowest BCUT2D eigenvalue weighted by Gasteiger charge is -2.41. The molecule has 0 aromatic heterocycles. The highest BCUT2D eigenvalue weighted by atomic mass is 16.2. The van der Waals surface area contributed by atoms with E-state index in [-0.39, 0.29) is 11.3 Å². The SMILES string of the molecule is CC(C)CC(C)N(C)C(=O)C1(CN)CCC(C)CC1. The van der Waals surface area contributed by atoms with Crippen molar-refractivity contribution in [2.24, 2.45) is 23.0 Å². The highest BCUT2D eigenvalue weighted by Gasteiger charge is 2.42. The first-order valence-corrected chi connectivity index (χ1v) is 7.79. The third kappa shape index (κ3) is 3.95. The molecular formula is C16H32N2O. The predicted molar refractivity (Wildman–Crippen MR) is 80.8 cm³/mol. The summed E-state index contributed by atoms with van der Waals surface area (Å²) in [7, 11) is 1.95. The van der Waals surface area contributed by atoms with Crippen LogP contribution < -0.4 is 5.73 Å². The molecule has 0 heterocycles. The van der Waals surface area contributed by atoms with Crippen LogP contribution in [-0.4, -0.2) is 30.4 Å². The molecule has 3 nitrogen and oxygen atoms in total. The lowest BCUT2D eigenvalue weighted by Crippen LogP contribution is -2.51. The molecule has 0 saturated heterocycles. The van der Waals surface area contributed by atoms with Gasteiger partial charge in [-0.3, -0.25) is 4.79 Å². The fraction of sp³-hybridized carbons (Fsp3) is 0.938. The zero-order valence-electron chi connectivity index (χ0n) is 13.4. The van der Waals surface area contributed by atoms with E-state index in [2.05, 4.69) is 27.7 Å². The maximum Gasteiger partial charge on any atom is 0.230 e. The van der Waals surface area contributed by atoms with E-state index in [0.717, 1.165) is 38.0 Å². The van der Waals surface area contributed by atoms with Crippen LogP contribution in [0.2, 0.25) is 0 Å². The third-order valence-corrected chi connectivity index (χ3v) is 4.87. The van der Waals surface area contributed by atoms with E-state index in [4.69, 9.17) is 5.73 Å². The first kappa shape index (κ1) is 16.5. The topological polar surface area (TPSA) is 46.3 Å². The van der Waals surface area contributed by atoms with Crippen molar-refractivity contribution in [3.63, 3.8) is 0 Å². The van der Waals surface area contributed by atoms with Crippen molar-refractivity contribution in [3.8, 4) is 0 Å². The number of nitrogens with two attached hydrogens (primary N) is 1. The van der Waals surface area contributed by atoms with E-state index in [1.807, 2.05) is 11.9 Å². The van der Waals surface area contributed by atoms with Gasteiger partial charge in [0.15, 0.2) is 0 Å². The Hall–Kier alpha value is -0.570. The zero-order chi connectivity index (χ0) is 14.6. The van der Waals surface area contributed by atoms with E-state index in [1.54, 1.807) is 0 Å². The average Bonchev–Trinajstić information content (AvgIpc) is 2.37. The van der Waals surface area contributed by atoms with Crippen LogP contribution in [0.5, 0.6) is 0 Å². The van der Waals surface area contributed by atoms with Gasteiger partial charge in [0.05, 0.1) is 5.41 Å². The molecule has 2 N–H and O–H groups in total. The third-order valence-electron chi connectivity index (χ3n) is 4.87. The number of rotatable bonds is 5. The van der Waals surface area contributed by atoms with Crippen molar-refractivity contribution in [1.82, 2.24) is 4.90 Å². The van der Waals surface area contributed by atoms with Gasteiger partial charge < -0.3 is 10.6 Å². The number of amides is 1. The molecular weight excluding hydrogens is 236 g/mol. The standard InChI is InChI=1S/C16H32N2O/c1-12(2)10-14(4)18(5)15(19)16(11-17)8-6-13(3)7-9-16/h12-14H,6-11,17H2,1-5H3. The van der Waals surface area contributed by atoms with Gasteiger partial charge in [0, 0.05) is 19.6 Å². The average molecular weight is 268 g/mol. The Morgan fingerprint density at radius 2 is 1.84 bits per heavy atom. The highest BCUT2D eigenvalue weighted by Crippen LogP contribution is 2.39. The quantitative estimate of drug-likeness (QED) is 0.833. The molecule has 1 saturated carbocycles. The van der Waals surface area contributed by atoms with Crippen LogP contribution in [0, 0.1) is 17.3 Å². The Bertz CT molecular complexity index is 293. The van der Waals surface area contributed by atoms with Gasteiger partial charge in [-0.25, -0.2) is 0 Å². The van der Waals surface area contributed by atoms with Gasteiger partial charge in [0.25, 0.3) is 0 Å². The molecule has 0 radical (unpaired) electrons. The minimum absolute atomic E-state index is 0.273. The maximum absolute atomic E-state index is 12.8. The van der Waals surface area contributed by atoms with Gasteiger partial charge in [-0.15, -0.1) is 0 Å². The van der Waals surface area contributed by atoms with Gasteiger partial charge >= 0.3 is 0 Å². The Labute approximate surface area is 118 Å². The first-order chi connectivity index (χ1) is 8.82. The van der Waals surface area contributed by atoms with E-state index < -0.39 is 0 Å². The molecule has 1 atom stereocenters. The molecule has 0 bridgehead atoms. The predicted octanol–water partition coefficient (Wildman–Crippen LogP) is 3.03. The summed E-state index contributed by atoms with van der Waals surface area (Å²) in [6, 6.07) is 0.301. The van der Waals surface area contributed by atoms with Crippen LogP contribution in [0.15, 0.2) is 0 Å². The number of hydrogen-bond donors (Lipinski definition) is 1. The normalized spacial score (nSPS) is 29.3. The van der Waals surface area contributed by atoms with Gasteiger partial charge in [-0.1, -0.05) is 20.8 Å². The summed E-state index contributed by atoms with van der Waals surface area (Å²) in [6.07, 6.45) is 5.24. The van der Waals surface area contributed by atoms with E-state index in [0.29, 0.717) is 18.5 Å². The highest BCUT2D eigenvalue weighted by molar-refractivity contribution is 5.83. The van der Waals surface area contributed by atoms with Crippen LogP contribution in [0.3, 0.4) is 0 Å². The molecule has 0 spiro atoms. The van der Waals surface area contributed by atoms with Crippen molar-refractivity contribution in [2.75, 3.05) is 13.6 Å². The van der Waals surface area contributed by atoms with Crippen molar-refractivity contribution in [2.45, 2.75) is 65.8 Å². The summed E-state index contributed by atoms with van der Waals surface area (Å²) >= 11 is 0. The summed E-state index contributed by atoms with van der Waals surface area (Å²) < 4.78 is 0. The van der Waals surface area contributed by atoms with Crippen LogP contribution in [-0.2, 0) is 4.79 Å². The molecule has 0 aromatic carbocycles. The monoisotopic (exact) mass is 268 g/mol. The van der Waals surface area contributed by atoms with Crippen LogP contribution in [0.25, 0.3) is 0 Å². The van der Waals surface area contributed by atoms with Gasteiger partial charge in [-0.2, -0.15) is 0 Å². The molecule has 1 aliphatic rings. The number of carbonyl (C=O) groups is 1. The van der Waals surface area contributed by atoms with E-state index in [1.165, 1.54) is 0 Å². The van der Waals surface area contributed by atoms with Gasteiger partial charge in [0.1, 0.15) is 0 Å². The second-order valence-corrected chi connectivity index (χ2v) is 7.06. The molecule has 112 valence electrons. The lowest BCUT2D eigenvalue weighted by atomic mass is 9.70. The van der Waals surface area contributed by atoms with Crippen LogP contribution in [0.1, 0.15) is 59.8 Å². The fourth-order valence-corrected chi connectivity index (χ4v) is 3.23. The molecule has 1 unspecified atom stereocenters. The summed E-state index contributed by atoms with van der Waals surface area (Å²) in [6.45, 7) is 9.33. The Balaban J connectivity index is 2.72. The number of carbonyl (C=O) groups excluding carboxylic acids is 1. The number of nitrogens with zero attached hydrogens (tertiary/aromatic N) is 1. The smallest absolute Gasteiger partial charge is 0.230 e. The van der Waals surface area contributed by atoms with Crippen molar-refractivity contribution < 1.29 is 4.79 Å². The zero-order valence-corrected chi connectivity index (χ0v) is 13.4. The van der Waals surface area contributed by atoms with Crippen molar-refractivity contribution in [3.05, 3.63) is 0 Å². The Morgan fingerprint density at radius 1 is 1.32 bits per heavy atom. The minimum atomic E-state index is -0.285. The molecule has 1 aliphatic carbocycles. The minimum Gasteiger partial charge on any atom is -0.343 e. The van der Waals surface area contributed by atoms with Crippen LogP contribution >= 0.6 is 0 Å². The van der Waals surface area contributed by atoms with Gasteiger partial charge in [-0.05, 0) is 50.9 Å².